The third kappa shape index (κ3) is 7.74. The lowest BCUT2D eigenvalue weighted by atomic mass is 10.2. The fourth-order valence-electron chi connectivity index (χ4n) is 3.82. The number of methoxy groups -OCH3 is 2. The van der Waals surface area contributed by atoms with Gasteiger partial charge in [0.2, 0.25) is 0 Å². The Balaban J connectivity index is 1.89. The van der Waals surface area contributed by atoms with Crippen LogP contribution in [0, 0.1) is 0 Å². The standard InChI is InChI=1S/C22H27ClN4O12S2/c1-27(37-4,26-10-13-7-16(23)17(24-40(31)32)9-20(13)41(33,34)25-26)11-15(39-22(30)21(28)29)12-38-14-5-6-18(35-2)19(8-14)36-3/h5-9,15,24-25H,10-12H2,1-4H3,(H-,28,29,31,32). The number of sulfonamides is 1. The molecule has 1 heterocycles. The average Bonchev–Trinajstić information content (AvgIpc) is 2.91. The minimum absolute atomic E-state index is 0.0618. The summed E-state index contributed by atoms with van der Waals surface area (Å²) in [4.78, 5) is 30.8. The Hall–Kier alpha value is -3.23. The molecule has 0 spiro atoms. The number of quaternary nitrogens is 1. The first-order valence-electron chi connectivity index (χ1n) is 11.4. The highest BCUT2D eigenvalue weighted by molar-refractivity contribution is 7.89. The third-order valence-electron chi connectivity index (χ3n) is 5.86. The van der Waals surface area contributed by atoms with Crippen LogP contribution < -0.4 is 23.8 Å². The van der Waals surface area contributed by atoms with E-state index in [2.05, 4.69) is 4.83 Å². The fourth-order valence-corrected chi connectivity index (χ4v) is 5.82. The van der Waals surface area contributed by atoms with Crippen molar-refractivity contribution in [2.45, 2.75) is 17.5 Å². The Morgan fingerprint density at radius 1 is 1.22 bits per heavy atom. The molecule has 226 valence electrons. The summed E-state index contributed by atoms with van der Waals surface area (Å²) in [6, 6.07) is 6.97. The van der Waals surface area contributed by atoms with Gasteiger partial charge in [-0.1, -0.05) is 21.2 Å². The summed E-state index contributed by atoms with van der Waals surface area (Å²) in [5.41, 5.74) is 0.0487. The lowest BCUT2D eigenvalue weighted by Gasteiger charge is -2.41. The highest BCUT2D eigenvalue weighted by Crippen LogP contribution is 2.34. The number of esters is 1. The zero-order chi connectivity index (χ0) is 30.5. The van der Waals surface area contributed by atoms with Gasteiger partial charge < -0.3 is 33.3 Å². The monoisotopic (exact) mass is 638 g/mol. The van der Waals surface area contributed by atoms with E-state index < -0.39 is 44.1 Å². The number of hydrazine groups is 1. The van der Waals surface area contributed by atoms with Crippen molar-refractivity contribution in [2.75, 3.05) is 46.3 Å². The SMILES string of the molecule is COc1ccc(OCC(C[N+](C)(OC)N2Cc3cc(Cl)c(NS(=O)[O-])cc3S(=O)(=O)N2)OC(=O)C(=O)O)cc1OC. The number of hydrogen-bond acceptors (Lipinski definition) is 12. The van der Waals surface area contributed by atoms with Gasteiger partial charge in [0.05, 0.1) is 43.5 Å². The molecule has 3 N–H and O–H groups in total. The number of nitrogens with one attached hydrogen (secondary N) is 2. The van der Waals surface area contributed by atoms with E-state index in [1.807, 2.05) is 4.72 Å². The molecule has 19 heteroatoms. The van der Waals surface area contributed by atoms with Gasteiger partial charge in [-0.2, -0.15) is 4.84 Å². The van der Waals surface area contributed by atoms with Gasteiger partial charge in [-0.15, -0.1) is 0 Å². The van der Waals surface area contributed by atoms with Gasteiger partial charge in [0.25, 0.3) is 10.0 Å². The number of anilines is 1. The number of hydroxylamine groups is 2. The van der Waals surface area contributed by atoms with Crippen molar-refractivity contribution >= 4 is 50.5 Å². The number of aliphatic carboxylic acids is 1. The molecule has 0 saturated heterocycles. The van der Waals surface area contributed by atoms with Crippen molar-refractivity contribution in [3.05, 3.63) is 40.9 Å². The second-order valence-electron chi connectivity index (χ2n) is 8.51. The van der Waals surface area contributed by atoms with Crippen molar-refractivity contribution in [3.63, 3.8) is 0 Å². The van der Waals surface area contributed by atoms with Crippen molar-refractivity contribution in [2.24, 2.45) is 0 Å². The van der Waals surface area contributed by atoms with E-state index in [4.69, 9.17) is 40.5 Å². The Morgan fingerprint density at radius 3 is 2.49 bits per heavy atom. The van der Waals surface area contributed by atoms with E-state index >= 15 is 0 Å². The molecule has 2 aromatic rings. The summed E-state index contributed by atoms with van der Waals surface area (Å²) in [5.74, 6) is -2.36. The molecule has 1 aliphatic rings. The van der Waals surface area contributed by atoms with Crippen LogP contribution in [0.5, 0.6) is 17.2 Å². The Bertz CT molecular complexity index is 1440. The van der Waals surface area contributed by atoms with Crippen LogP contribution in [0.2, 0.25) is 5.02 Å². The summed E-state index contributed by atoms with van der Waals surface area (Å²) in [5, 5.41) is 10.2. The maximum Gasteiger partial charge on any atom is 0.417 e. The van der Waals surface area contributed by atoms with Gasteiger partial charge in [0, 0.05) is 17.3 Å². The smallest absolute Gasteiger partial charge is 0.417 e. The Kier molecular flexibility index (Phi) is 10.4. The number of nitrogens with zero attached hydrogens (tertiary/aromatic N) is 2. The number of carbonyl (C=O) groups is 2. The second-order valence-corrected chi connectivity index (χ2v) is 11.2. The fraction of sp³-hybridized carbons (Fsp3) is 0.364. The molecular formula is C22H27ClN4O12S2. The quantitative estimate of drug-likeness (QED) is 0.0958. The number of likely N-dealkylation sites (N-methyl/N-ethyl adjacent to an activating group) is 1. The minimum Gasteiger partial charge on any atom is -0.755 e. The summed E-state index contributed by atoms with van der Waals surface area (Å²) in [6.45, 7) is -0.839. The van der Waals surface area contributed by atoms with Crippen LogP contribution in [0.25, 0.3) is 0 Å². The lowest BCUT2D eigenvalue weighted by molar-refractivity contribution is -1.18. The first kappa shape index (κ1) is 32.3. The Labute approximate surface area is 242 Å². The van der Waals surface area contributed by atoms with Crippen LogP contribution in [-0.4, -0.2) is 91.7 Å². The zero-order valence-electron chi connectivity index (χ0n) is 22.1. The number of benzene rings is 2. The number of fused-ring (bicyclic) bond motifs is 1. The molecule has 0 saturated carbocycles. The number of carboxylic acid groups (broad SMARTS) is 1. The van der Waals surface area contributed by atoms with Crippen molar-refractivity contribution in [3.8, 4) is 17.2 Å². The number of carbonyl (C=O) groups excluding carboxylic acids is 1. The van der Waals surface area contributed by atoms with E-state index in [1.165, 1.54) is 40.5 Å². The van der Waals surface area contributed by atoms with Gasteiger partial charge in [-0.25, -0.2) is 18.0 Å². The van der Waals surface area contributed by atoms with E-state index in [1.54, 1.807) is 12.1 Å². The number of rotatable bonds is 12. The number of carboxylic acids is 1. The molecule has 0 aliphatic carbocycles. The maximum atomic E-state index is 13.1. The predicted octanol–water partition coefficient (Wildman–Crippen LogP) is 0.571. The molecule has 3 rings (SSSR count). The summed E-state index contributed by atoms with van der Waals surface area (Å²) < 4.78 is 70.9. The maximum absolute atomic E-state index is 13.1. The molecule has 0 fully saturated rings. The third-order valence-corrected chi connectivity index (χ3v) is 7.97. The van der Waals surface area contributed by atoms with Crippen LogP contribution in [0.3, 0.4) is 0 Å². The van der Waals surface area contributed by atoms with Gasteiger partial charge >= 0.3 is 11.9 Å². The summed E-state index contributed by atoms with van der Waals surface area (Å²) in [7, 11) is 1.27. The van der Waals surface area contributed by atoms with E-state index in [-0.39, 0.29) is 46.6 Å². The number of hydrogen-bond donors (Lipinski definition) is 3. The lowest BCUT2D eigenvalue weighted by Crippen LogP contribution is -2.66. The largest absolute Gasteiger partial charge is 0.755 e. The molecule has 16 nitrogen and oxygen atoms in total. The molecule has 0 radical (unpaired) electrons. The second kappa shape index (κ2) is 13.2. The molecule has 41 heavy (non-hydrogen) atoms. The molecule has 2 aromatic carbocycles. The van der Waals surface area contributed by atoms with E-state index in [0.717, 1.165) is 11.2 Å². The first-order valence-corrected chi connectivity index (χ1v) is 14.4. The molecule has 0 amide bonds. The molecule has 1 aliphatic heterocycles. The van der Waals surface area contributed by atoms with Gasteiger partial charge in [-0.3, -0.25) is 4.21 Å². The molecule has 3 unspecified atom stereocenters. The number of ether oxygens (including phenoxy) is 4. The summed E-state index contributed by atoms with van der Waals surface area (Å²) in [6.07, 6.45) is -1.27. The van der Waals surface area contributed by atoms with Crippen LogP contribution in [0.4, 0.5) is 5.69 Å². The molecule has 0 aromatic heterocycles. The molecule has 3 atom stereocenters. The predicted molar refractivity (Wildman–Crippen MR) is 140 cm³/mol. The topological polar surface area (TPSA) is 202 Å². The average molecular weight is 639 g/mol. The first-order chi connectivity index (χ1) is 19.2. The minimum atomic E-state index is -4.28. The highest BCUT2D eigenvalue weighted by atomic mass is 35.5. The van der Waals surface area contributed by atoms with Crippen LogP contribution in [0.1, 0.15) is 5.56 Å². The van der Waals surface area contributed by atoms with Crippen molar-refractivity contribution in [1.82, 2.24) is 9.95 Å². The highest BCUT2D eigenvalue weighted by Gasteiger charge is 2.44. The molecule has 0 bridgehead atoms. The van der Waals surface area contributed by atoms with Gasteiger partial charge in [-0.05, 0) is 34.9 Å². The van der Waals surface area contributed by atoms with Gasteiger partial charge in [0.15, 0.2) is 24.1 Å². The van der Waals surface area contributed by atoms with Crippen LogP contribution in [0.15, 0.2) is 35.2 Å². The van der Waals surface area contributed by atoms with Crippen LogP contribution in [-0.2, 0) is 47.0 Å². The van der Waals surface area contributed by atoms with E-state index in [0.29, 0.717) is 11.5 Å². The Morgan fingerprint density at radius 2 is 1.90 bits per heavy atom. The van der Waals surface area contributed by atoms with Crippen molar-refractivity contribution < 1.29 is 60.4 Å². The van der Waals surface area contributed by atoms with Crippen molar-refractivity contribution in [1.29, 1.82) is 0 Å². The summed E-state index contributed by atoms with van der Waals surface area (Å²) >= 11 is 3.40. The normalized spacial score (nSPS) is 17.3. The molecular weight excluding hydrogens is 612 g/mol. The van der Waals surface area contributed by atoms with E-state index in [9.17, 15) is 26.8 Å². The zero-order valence-corrected chi connectivity index (χ0v) is 24.5. The number of halogens is 1. The van der Waals surface area contributed by atoms with Gasteiger partial charge in [0.1, 0.15) is 19.4 Å². The van der Waals surface area contributed by atoms with Crippen LogP contribution >= 0.6 is 11.6 Å².